The topological polar surface area (TPSA) is 75.4 Å². The zero-order valence-electron chi connectivity index (χ0n) is 12.6. The van der Waals surface area contributed by atoms with Crippen LogP contribution in [0.2, 0.25) is 0 Å². The van der Waals surface area contributed by atoms with E-state index in [4.69, 9.17) is 5.73 Å². The maximum absolute atomic E-state index is 12.5. The van der Waals surface area contributed by atoms with Crippen molar-refractivity contribution < 1.29 is 9.90 Å². The van der Waals surface area contributed by atoms with Crippen LogP contribution in [-0.4, -0.2) is 22.7 Å². The predicted molar refractivity (Wildman–Crippen MR) is 79.1 cm³/mol. The first kappa shape index (κ1) is 15.0. The summed E-state index contributed by atoms with van der Waals surface area (Å²) < 4.78 is 0. The highest BCUT2D eigenvalue weighted by molar-refractivity contribution is 5.84. The fourth-order valence-corrected chi connectivity index (χ4v) is 2.36. The quantitative estimate of drug-likeness (QED) is 0.783. The number of hydrogen-bond donors (Lipinski definition) is 3. The number of aliphatic hydroxyl groups excluding tert-OH is 1. The summed E-state index contributed by atoms with van der Waals surface area (Å²) in [4.78, 5) is 12.5. The Morgan fingerprint density at radius 2 is 1.90 bits per heavy atom. The maximum Gasteiger partial charge on any atom is 0.228 e. The van der Waals surface area contributed by atoms with Crippen molar-refractivity contribution >= 4 is 5.91 Å². The molecule has 110 valence electrons. The van der Waals surface area contributed by atoms with Crippen LogP contribution in [0.25, 0.3) is 0 Å². The molecule has 0 heterocycles. The number of aliphatic hydroxyl groups is 1. The molecule has 4 nitrogen and oxygen atoms in total. The molecule has 0 saturated heterocycles. The third kappa shape index (κ3) is 2.45. The molecule has 0 spiro atoms. The number of fused-ring (bicyclic) bond motifs is 1. The first-order valence-corrected chi connectivity index (χ1v) is 7.00. The zero-order valence-corrected chi connectivity index (χ0v) is 12.6. The van der Waals surface area contributed by atoms with Gasteiger partial charge >= 0.3 is 0 Å². The lowest BCUT2D eigenvalue weighted by Crippen LogP contribution is -2.56. The molecule has 2 atom stereocenters. The summed E-state index contributed by atoms with van der Waals surface area (Å²) in [6, 6.07) is 7.47. The monoisotopic (exact) mass is 276 g/mol. The molecule has 20 heavy (non-hydrogen) atoms. The van der Waals surface area contributed by atoms with Crippen LogP contribution < -0.4 is 11.1 Å². The van der Waals surface area contributed by atoms with Gasteiger partial charge in [-0.3, -0.25) is 4.79 Å². The standard InChI is InChI=1S/C16H24N2O2/c1-15(2,16(3,4)17)14(20)18-13-11-8-6-5-7-10(11)9-12(13)19/h5-8,12-13,19H,9,17H2,1-4H3,(H,18,20)/t12-,13+/m1/s1. The minimum absolute atomic E-state index is 0.134. The van der Waals surface area contributed by atoms with Gasteiger partial charge in [0.15, 0.2) is 0 Å². The highest BCUT2D eigenvalue weighted by Crippen LogP contribution is 2.34. The molecule has 1 aromatic carbocycles. The van der Waals surface area contributed by atoms with Gasteiger partial charge in [0.25, 0.3) is 0 Å². The van der Waals surface area contributed by atoms with Crippen molar-refractivity contribution in [3.63, 3.8) is 0 Å². The number of nitrogens with one attached hydrogen (secondary N) is 1. The lowest BCUT2D eigenvalue weighted by molar-refractivity contribution is -0.133. The van der Waals surface area contributed by atoms with Crippen LogP contribution in [0.3, 0.4) is 0 Å². The molecule has 1 amide bonds. The van der Waals surface area contributed by atoms with E-state index in [1.54, 1.807) is 0 Å². The van der Waals surface area contributed by atoms with Crippen LogP contribution in [0.1, 0.15) is 44.9 Å². The van der Waals surface area contributed by atoms with E-state index in [-0.39, 0.29) is 11.9 Å². The molecule has 0 aliphatic heterocycles. The summed E-state index contributed by atoms with van der Waals surface area (Å²) >= 11 is 0. The predicted octanol–water partition coefficient (Wildman–Crippen LogP) is 1.52. The van der Waals surface area contributed by atoms with E-state index in [1.165, 1.54) is 0 Å². The van der Waals surface area contributed by atoms with Crippen molar-refractivity contribution in [1.82, 2.24) is 5.32 Å². The molecule has 0 aromatic heterocycles. The van der Waals surface area contributed by atoms with Crippen molar-refractivity contribution in [2.75, 3.05) is 0 Å². The Morgan fingerprint density at radius 3 is 2.50 bits per heavy atom. The third-order valence-corrected chi connectivity index (χ3v) is 4.67. The van der Waals surface area contributed by atoms with Gasteiger partial charge in [-0.05, 0) is 38.8 Å². The van der Waals surface area contributed by atoms with E-state index in [1.807, 2.05) is 52.0 Å². The average molecular weight is 276 g/mol. The van der Waals surface area contributed by atoms with Gasteiger partial charge in [0.05, 0.1) is 17.6 Å². The molecule has 0 bridgehead atoms. The Bertz CT molecular complexity index is 517. The molecule has 0 saturated carbocycles. The van der Waals surface area contributed by atoms with E-state index in [0.29, 0.717) is 6.42 Å². The largest absolute Gasteiger partial charge is 0.390 e. The Kier molecular flexibility index (Phi) is 3.65. The van der Waals surface area contributed by atoms with Crippen molar-refractivity contribution in [2.24, 2.45) is 11.1 Å². The molecule has 0 radical (unpaired) electrons. The Labute approximate surface area is 120 Å². The number of carbonyl (C=O) groups is 1. The summed E-state index contributed by atoms with van der Waals surface area (Å²) in [6.07, 6.45) is 0.00106. The fourth-order valence-electron chi connectivity index (χ4n) is 2.36. The van der Waals surface area contributed by atoms with Gasteiger partial charge in [0, 0.05) is 12.0 Å². The van der Waals surface area contributed by atoms with E-state index < -0.39 is 17.1 Å². The Hall–Kier alpha value is -1.39. The smallest absolute Gasteiger partial charge is 0.228 e. The van der Waals surface area contributed by atoms with Crippen LogP contribution in [-0.2, 0) is 11.2 Å². The average Bonchev–Trinajstić information content (AvgIpc) is 2.64. The number of amides is 1. The Morgan fingerprint density at radius 1 is 1.30 bits per heavy atom. The van der Waals surface area contributed by atoms with E-state index in [2.05, 4.69) is 5.32 Å². The van der Waals surface area contributed by atoms with Crippen molar-refractivity contribution in [3.05, 3.63) is 35.4 Å². The minimum atomic E-state index is -0.718. The molecule has 1 aliphatic carbocycles. The lowest BCUT2D eigenvalue weighted by Gasteiger charge is -2.38. The molecular weight excluding hydrogens is 252 g/mol. The first-order chi connectivity index (χ1) is 9.14. The second-order valence-electron chi connectivity index (χ2n) is 6.77. The zero-order chi connectivity index (χ0) is 15.1. The van der Waals surface area contributed by atoms with Crippen LogP contribution in [0.5, 0.6) is 0 Å². The number of hydrogen-bond acceptors (Lipinski definition) is 3. The maximum atomic E-state index is 12.5. The minimum Gasteiger partial charge on any atom is -0.390 e. The highest BCUT2D eigenvalue weighted by atomic mass is 16.3. The van der Waals surface area contributed by atoms with Crippen molar-refractivity contribution in [1.29, 1.82) is 0 Å². The van der Waals surface area contributed by atoms with Crippen LogP contribution in [0, 0.1) is 5.41 Å². The summed E-state index contributed by atoms with van der Waals surface area (Å²) in [6.45, 7) is 7.34. The SMILES string of the molecule is CC(C)(N)C(C)(C)C(=O)N[C@H]1c2ccccc2C[C@H]1O. The molecular formula is C16H24N2O2. The van der Waals surface area contributed by atoms with Crippen molar-refractivity contribution in [3.8, 4) is 0 Å². The van der Waals surface area contributed by atoms with Crippen LogP contribution in [0.4, 0.5) is 0 Å². The van der Waals surface area contributed by atoms with E-state index in [0.717, 1.165) is 11.1 Å². The molecule has 2 rings (SSSR count). The molecule has 4 heteroatoms. The van der Waals surface area contributed by atoms with Gasteiger partial charge in [-0.1, -0.05) is 24.3 Å². The molecule has 0 fully saturated rings. The highest BCUT2D eigenvalue weighted by Gasteiger charge is 2.43. The summed E-state index contributed by atoms with van der Waals surface area (Å²) in [5.41, 5.74) is 6.83. The van der Waals surface area contributed by atoms with Crippen LogP contribution >= 0.6 is 0 Å². The van der Waals surface area contributed by atoms with E-state index >= 15 is 0 Å². The van der Waals surface area contributed by atoms with Gasteiger partial charge in [0.1, 0.15) is 0 Å². The number of benzene rings is 1. The Balaban J connectivity index is 2.21. The second kappa shape index (κ2) is 4.86. The normalized spacial score (nSPS) is 22.5. The summed E-state index contributed by atoms with van der Waals surface area (Å²) in [5, 5.41) is 13.1. The molecule has 4 N–H and O–H groups in total. The van der Waals surface area contributed by atoms with Crippen LogP contribution in [0.15, 0.2) is 24.3 Å². The summed E-state index contributed by atoms with van der Waals surface area (Å²) in [5.74, 6) is -0.134. The van der Waals surface area contributed by atoms with Gasteiger partial charge in [-0.15, -0.1) is 0 Å². The fraction of sp³-hybridized carbons (Fsp3) is 0.562. The lowest BCUT2D eigenvalue weighted by atomic mass is 9.74. The number of carbonyl (C=O) groups excluding carboxylic acids is 1. The first-order valence-electron chi connectivity index (χ1n) is 7.00. The van der Waals surface area contributed by atoms with Gasteiger partial charge < -0.3 is 16.2 Å². The molecule has 1 aromatic rings. The number of rotatable bonds is 3. The van der Waals surface area contributed by atoms with Gasteiger partial charge in [-0.2, -0.15) is 0 Å². The van der Waals surface area contributed by atoms with Gasteiger partial charge in [0.2, 0.25) is 5.91 Å². The van der Waals surface area contributed by atoms with E-state index in [9.17, 15) is 9.90 Å². The molecule has 1 aliphatic rings. The second-order valence-corrected chi connectivity index (χ2v) is 6.77. The third-order valence-electron chi connectivity index (χ3n) is 4.67. The van der Waals surface area contributed by atoms with Gasteiger partial charge in [-0.25, -0.2) is 0 Å². The number of nitrogens with two attached hydrogens (primary N) is 1. The van der Waals surface area contributed by atoms with Crippen molar-refractivity contribution in [2.45, 2.75) is 51.8 Å². The molecule has 0 unspecified atom stereocenters. The summed E-state index contributed by atoms with van der Waals surface area (Å²) in [7, 11) is 0.